The third-order valence-electron chi connectivity index (χ3n) is 1.99. The molecule has 3 heteroatoms. The highest BCUT2D eigenvalue weighted by atomic mass is 16.5. The number of imidazole rings is 1. The lowest BCUT2D eigenvalue weighted by Crippen LogP contribution is -1.96. The summed E-state index contributed by atoms with van der Waals surface area (Å²) in [4.78, 5) is 3.87. The second-order valence-electron chi connectivity index (χ2n) is 3.01. The van der Waals surface area contributed by atoms with E-state index in [1.54, 1.807) is 13.3 Å². The van der Waals surface area contributed by atoms with Crippen LogP contribution >= 0.6 is 0 Å². The van der Waals surface area contributed by atoms with Crippen molar-refractivity contribution >= 4 is 0 Å². The van der Waals surface area contributed by atoms with Crippen molar-refractivity contribution in [2.24, 2.45) is 0 Å². The molecule has 0 spiro atoms. The molecule has 0 unspecified atom stereocenters. The van der Waals surface area contributed by atoms with Gasteiger partial charge >= 0.3 is 0 Å². The van der Waals surface area contributed by atoms with Crippen LogP contribution in [0.25, 0.3) is 0 Å². The van der Waals surface area contributed by atoms with E-state index in [0.29, 0.717) is 0 Å². The monoisotopic (exact) mass is 187 g/mol. The van der Waals surface area contributed by atoms with Gasteiger partial charge in [-0.15, -0.1) is 0 Å². The van der Waals surface area contributed by atoms with E-state index in [9.17, 15) is 0 Å². The van der Waals surface area contributed by atoms with Crippen molar-refractivity contribution in [3.8, 4) is 5.75 Å². The van der Waals surface area contributed by atoms with Gasteiger partial charge in [0.15, 0.2) is 6.33 Å². The molecule has 2 rings (SSSR count). The topological polar surface area (TPSA) is 27.1 Å². The van der Waals surface area contributed by atoms with Gasteiger partial charge in [-0.05, 0) is 17.7 Å². The second kappa shape index (κ2) is 3.96. The maximum Gasteiger partial charge on any atom is 0.176 e. The van der Waals surface area contributed by atoms with Crippen LogP contribution in [0.4, 0.5) is 0 Å². The zero-order chi connectivity index (χ0) is 9.80. The molecular formula is C11H11N2O. The molecule has 1 aromatic carbocycles. The van der Waals surface area contributed by atoms with E-state index >= 15 is 0 Å². The van der Waals surface area contributed by atoms with Gasteiger partial charge in [0.25, 0.3) is 0 Å². The smallest absolute Gasteiger partial charge is 0.176 e. The first-order valence-electron chi connectivity index (χ1n) is 4.40. The van der Waals surface area contributed by atoms with Gasteiger partial charge in [-0.2, -0.15) is 0 Å². The van der Waals surface area contributed by atoms with Gasteiger partial charge < -0.3 is 9.30 Å². The molecule has 1 radical (unpaired) electrons. The van der Waals surface area contributed by atoms with Crippen LogP contribution in [0.5, 0.6) is 5.75 Å². The Morgan fingerprint density at radius 3 is 3.14 bits per heavy atom. The lowest BCUT2D eigenvalue weighted by atomic mass is 10.2. The van der Waals surface area contributed by atoms with Crippen LogP contribution in [0.3, 0.4) is 0 Å². The summed E-state index contributed by atoms with van der Waals surface area (Å²) >= 11 is 0. The van der Waals surface area contributed by atoms with Gasteiger partial charge in [0.2, 0.25) is 0 Å². The van der Waals surface area contributed by atoms with E-state index in [1.165, 1.54) is 5.56 Å². The molecule has 2 aromatic rings. The number of ether oxygens (including phenoxy) is 1. The van der Waals surface area contributed by atoms with Gasteiger partial charge in [-0.25, -0.2) is 4.98 Å². The number of hydrogen-bond acceptors (Lipinski definition) is 2. The molecule has 0 saturated carbocycles. The van der Waals surface area contributed by atoms with E-state index in [2.05, 4.69) is 17.4 Å². The third-order valence-corrected chi connectivity index (χ3v) is 1.99. The summed E-state index contributed by atoms with van der Waals surface area (Å²) in [6.07, 6.45) is 6.46. The van der Waals surface area contributed by atoms with Crippen LogP contribution in [-0.2, 0) is 6.54 Å². The van der Waals surface area contributed by atoms with Crippen LogP contribution in [0.15, 0.2) is 36.7 Å². The van der Waals surface area contributed by atoms with Crippen molar-refractivity contribution in [3.05, 3.63) is 48.5 Å². The molecular weight excluding hydrogens is 176 g/mol. The van der Waals surface area contributed by atoms with Crippen molar-refractivity contribution in [2.75, 3.05) is 7.11 Å². The fraction of sp³-hybridized carbons (Fsp3) is 0.182. The minimum absolute atomic E-state index is 0.775. The van der Waals surface area contributed by atoms with Gasteiger partial charge in [0.05, 0.1) is 7.11 Å². The zero-order valence-corrected chi connectivity index (χ0v) is 7.97. The first-order valence-corrected chi connectivity index (χ1v) is 4.40. The summed E-state index contributed by atoms with van der Waals surface area (Å²) < 4.78 is 7.04. The summed E-state index contributed by atoms with van der Waals surface area (Å²) in [6.45, 7) is 0.775. The molecule has 1 aromatic heterocycles. The van der Waals surface area contributed by atoms with Crippen LogP contribution in [0.2, 0.25) is 0 Å². The second-order valence-corrected chi connectivity index (χ2v) is 3.01. The first kappa shape index (κ1) is 8.81. The molecule has 0 bridgehead atoms. The number of hydrogen-bond donors (Lipinski definition) is 0. The molecule has 0 aliphatic heterocycles. The van der Waals surface area contributed by atoms with E-state index < -0.39 is 0 Å². The minimum Gasteiger partial charge on any atom is -0.497 e. The zero-order valence-electron chi connectivity index (χ0n) is 7.97. The number of rotatable bonds is 3. The maximum absolute atomic E-state index is 5.14. The number of nitrogens with zero attached hydrogens (tertiary/aromatic N) is 2. The maximum atomic E-state index is 5.14. The predicted octanol–water partition coefficient (Wildman–Crippen LogP) is 1.74. The van der Waals surface area contributed by atoms with Gasteiger partial charge in [-0.1, -0.05) is 12.1 Å². The Hall–Kier alpha value is -1.77. The summed E-state index contributed by atoms with van der Waals surface area (Å²) in [5.74, 6) is 0.877. The molecule has 3 nitrogen and oxygen atoms in total. The summed E-state index contributed by atoms with van der Waals surface area (Å²) in [5.41, 5.74) is 1.18. The highest BCUT2D eigenvalue weighted by Gasteiger charge is 1.96. The molecule has 14 heavy (non-hydrogen) atoms. The van der Waals surface area contributed by atoms with E-state index in [4.69, 9.17) is 4.74 Å². The van der Waals surface area contributed by atoms with E-state index in [1.807, 2.05) is 29.0 Å². The molecule has 0 aliphatic rings. The van der Waals surface area contributed by atoms with Crippen LogP contribution in [0, 0.1) is 6.33 Å². The quantitative estimate of drug-likeness (QED) is 0.731. The molecule has 71 valence electrons. The van der Waals surface area contributed by atoms with Crippen molar-refractivity contribution in [1.29, 1.82) is 0 Å². The Balaban J connectivity index is 2.17. The van der Waals surface area contributed by atoms with Crippen molar-refractivity contribution < 1.29 is 4.74 Å². The fourth-order valence-electron chi connectivity index (χ4n) is 1.31. The van der Waals surface area contributed by atoms with E-state index in [-0.39, 0.29) is 0 Å². The van der Waals surface area contributed by atoms with Crippen LogP contribution in [-0.4, -0.2) is 16.7 Å². The van der Waals surface area contributed by atoms with Crippen LogP contribution in [0.1, 0.15) is 5.56 Å². The molecule has 0 aliphatic carbocycles. The Morgan fingerprint density at radius 2 is 2.43 bits per heavy atom. The van der Waals surface area contributed by atoms with Gasteiger partial charge in [-0.3, -0.25) is 0 Å². The van der Waals surface area contributed by atoms with Crippen molar-refractivity contribution in [3.63, 3.8) is 0 Å². The Morgan fingerprint density at radius 1 is 1.50 bits per heavy atom. The normalized spacial score (nSPS) is 10.1. The predicted molar refractivity (Wildman–Crippen MR) is 53.2 cm³/mol. The largest absolute Gasteiger partial charge is 0.497 e. The number of aromatic nitrogens is 2. The van der Waals surface area contributed by atoms with Crippen molar-refractivity contribution in [2.45, 2.75) is 6.54 Å². The van der Waals surface area contributed by atoms with Gasteiger partial charge in [0.1, 0.15) is 5.75 Å². The summed E-state index contributed by atoms with van der Waals surface area (Å²) in [6, 6.07) is 7.97. The lowest BCUT2D eigenvalue weighted by molar-refractivity contribution is 0.414. The molecule has 0 saturated heterocycles. The Kier molecular flexibility index (Phi) is 2.49. The average Bonchev–Trinajstić information content (AvgIpc) is 2.71. The highest BCUT2D eigenvalue weighted by Crippen LogP contribution is 2.13. The molecule has 0 atom stereocenters. The van der Waals surface area contributed by atoms with Crippen LogP contribution < -0.4 is 4.74 Å². The lowest BCUT2D eigenvalue weighted by Gasteiger charge is -2.04. The third kappa shape index (κ3) is 1.93. The standard InChI is InChI=1S/C11H11N2O/c1-14-11-4-2-3-10(7-11)8-13-6-5-12-9-13/h2-7H,8H2,1H3. The number of methoxy groups -OCH3 is 1. The Labute approximate surface area is 83.0 Å². The fourth-order valence-corrected chi connectivity index (χ4v) is 1.31. The molecule has 0 amide bonds. The molecule has 1 heterocycles. The average molecular weight is 187 g/mol. The SMILES string of the molecule is COc1cccc(Cn2[c]ncc2)c1. The Bertz CT molecular complexity index is 395. The highest BCUT2D eigenvalue weighted by molar-refractivity contribution is 5.28. The van der Waals surface area contributed by atoms with Crippen molar-refractivity contribution in [1.82, 2.24) is 9.55 Å². The minimum atomic E-state index is 0.775. The molecule has 0 N–H and O–H groups in total. The molecule has 0 fully saturated rings. The van der Waals surface area contributed by atoms with E-state index in [0.717, 1.165) is 12.3 Å². The summed E-state index contributed by atoms with van der Waals surface area (Å²) in [7, 11) is 1.67. The van der Waals surface area contributed by atoms with Gasteiger partial charge in [0, 0.05) is 18.9 Å². The first-order chi connectivity index (χ1) is 6.88. The number of benzene rings is 1. The summed E-state index contributed by atoms with van der Waals surface area (Å²) in [5, 5.41) is 0.